The Morgan fingerprint density at radius 2 is 1.80 bits per heavy atom. The highest BCUT2D eigenvalue weighted by Gasteiger charge is 2.19. The van der Waals surface area contributed by atoms with E-state index in [1.165, 1.54) is 24.8 Å². The van der Waals surface area contributed by atoms with E-state index in [9.17, 15) is 0 Å². The van der Waals surface area contributed by atoms with Gasteiger partial charge in [0.1, 0.15) is 0 Å². The Labute approximate surface area is 95.7 Å². The predicted octanol–water partition coefficient (Wildman–Crippen LogP) is 3.88. The summed E-state index contributed by atoms with van der Waals surface area (Å²) in [7, 11) is -1.16. The van der Waals surface area contributed by atoms with E-state index in [0.717, 1.165) is 0 Å². The fourth-order valence-corrected chi connectivity index (χ4v) is 3.81. The molecule has 0 amide bonds. The Morgan fingerprint density at radius 1 is 1.13 bits per heavy atom. The largest absolute Gasteiger partial charge is 0.0779 e. The van der Waals surface area contributed by atoms with E-state index in [1.54, 1.807) is 10.8 Å². The van der Waals surface area contributed by atoms with Crippen molar-refractivity contribution in [3.63, 3.8) is 0 Å². The van der Waals surface area contributed by atoms with Crippen LogP contribution in [0.1, 0.15) is 30.9 Å². The lowest BCUT2D eigenvalue weighted by molar-refractivity contribution is 0.797. The maximum atomic E-state index is 2.44. The second kappa shape index (κ2) is 4.98. The molecular formula is C14H24Si. The minimum Gasteiger partial charge on any atom is -0.0656 e. The Kier molecular flexibility index (Phi) is 4.15. The van der Waals surface area contributed by atoms with Crippen molar-refractivity contribution < 1.29 is 0 Å². The molecule has 0 bridgehead atoms. The van der Waals surface area contributed by atoms with Gasteiger partial charge < -0.3 is 0 Å². The molecule has 1 rings (SSSR count). The number of unbranched alkanes of at least 4 members (excludes halogenated alkanes) is 1. The fraction of sp³-hybridized carbons (Fsp3) is 0.571. The first-order valence-electron chi connectivity index (χ1n) is 6.05. The topological polar surface area (TPSA) is 0 Å². The van der Waals surface area contributed by atoms with Gasteiger partial charge in [0.25, 0.3) is 0 Å². The summed E-state index contributed by atoms with van der Waals surface area (Å²) in [6, 6.07) is 7.02. The van der Waals surface area contributed by atoms with Gasteiger partial charge in [0.05, 0.1) is 8.07 Å². The third-order valence-corrected chi connectivity index (χ3v) is 4.95. The first kappa shape index (κ1) is 12.5. The van der Waals surface area contributed by atoms with E-state index in [2.05, 4.69) is 51.7 Å². The van der Waals surface area contributed by atoms with E-state index in [-0.39, 0.29) is 0 Å². The van der Waals surface area contributed by atoms with Gasteiger partial charge in [-0.25, -0.2) is 0 Å². The molecule has 0 aliphatic rings. The van der Waals surface area contributed by atoms with Gasteiger partial charge in [-0.05, 0) is 25.3 Å². The SMILES string of the molecule is CCCCc1ccc(C)cc1[Si](C)(C)C. The molecule has 0 radical (unpaired) electrons. The summed E-state index contributed by atoms with van der Waals surface area (Å²) >= 11 is 0. The summed E-state index contributed by atoms with van der Waals surface area (Å²) in [4.78, 5) is 0. The Hall–Kier alpha value is -0.563. The molecule has 15 heavy (non-hydrogen) atoms. The van der Waals surface area contributed by atoms with Gasteiger partial charge in [0.2, 0.25) is 0 Å². The summed E-state index contributed by atoms with van der Waals surface area (Å²) in [5.74, 6) is 0. The Balaban J connectivity index is 3.04. The van der Waals surface area contributed by atoms with Crippen LogP contribution in [-0.4, -0.2) is 8.07 Å². The summed E-state index contributed by atoms with van der Waals surface area (Å²) in [6.45, 7) is 11.8. The van der Waals surface area contributed by atoms with Crippen LogP contribution in [0.2, 0.25) is 19.6 Å². The van der Waals surface area contributed by atoms with Crippen molar-refractivity contribution in [1.82, 2.24) is 0 Å². The first-order valence-corrected chi connectivity index (χ1v) is 9.55. The zero-order valence-corrected chi connectivity index (χ0v) is 11.9. The molecule has 0 spiro atoms. The van der Waals surface area contributed by atoms with Crippen molar-refractivity contribution >= 4 is 13.3 Å². The van der Waals surface area contributed by atoms with Crippen molar-refractivity contribution in [2.24, 2.45) is 0 Å². The van der Waals surface area contributed by atoms with Gasteiger partial charge in [-0.3, -0.25) is 0 Å². The number of benzene rings is 1. The average Bonchev–Trinajstić information content (AvgIpc) is 2.14. The van der Waals surface area contributed by atoms with Gasteiger partial charge in [0.15, 0.2) is 0 Å². The third-order valence-electron chi connectivity index (χ3n) is 2.87. The van der Waals surface area contributed by atoms with E-state index in [4.69, 9.17) is 0 Å². The van der Waals surface area contributed by atoms with E-state index < -0.39 is 8.07 Å². The molecule has 0 saturated heterocycles. The summed E-state index contributed by atoms with van der Waals surface area (Å²) in [5, 5.41) is 1.66. The molecule has 0 aliphatic carbocycles. The molecule has 0 fully saturated rings. The van der Waals surface area contributed by atoms with Crippen LogP contribution in [0.25, 0.3) is 0 Å². The summed E-state index contributed by atoms with van der Waals surface area (Å²) < 4.78 is 0. The van der Waals surface area contributed by atoms with E-state index in [0.29, 0.717) is 0 Å². The van der Waals surface area contributed by atoms with E-state index in [1.807, 2.05) is 0 Å². The van der Waals surface area contributed by atoms with Crippen LogP contribution < -0.4 is 5.19 Å². The Morgan fingerprint density at radius 3 is 2.33 bits per heavy atom. The van der Waals surface area contributed by atoms with Crippen LogP contribution in [0, 0.1) is 6.92 Å². The second-order valence-corrected chi connectivity index (χ2v) is 10.6. The Bertz CT molecular complexity index is 321. The highest BCUT2D eigenvalue weighted by molar-refractivity contribution is 6.89. The summed E-state index contributed by atoms with van der Waals surface area (Å²) in [5.41, 5.74) is 3.01. The van der Waals surface area contributed by atoms with Gasteiger partial charge >= 0.3 is 0 Å². The molecule has 1 aromatic rings. The highest BCUT2D eigenvalue weighted by Crippen LogP contribution is 2.12. The van der Waals surface area contributed by atoms with Gasteiger partial charge in [-0.1, -0.05) is 61.9 Å². The molecule has 1 heteroatoms. The zero-order valence-electron chi connectivity index (χ0n) is 10.9. The third kappa shape index (κ3) is 3.49. The van der Waals surface area contributed by atoms with Crippen LogP contribution in [-0.2, 0) is 6.42 Å². The van der Waals surface area contributed by atoms with Gasteiger partial charge in [0, 0.05) is 0 Å². The van der Waals surface area contributed by atoms with Crippen LogP contribution in [0.3, 0.4) is 0 Å². The average molecular weight is 220 g/mol. The lowest BCUT2D eigenvalue weighted by Crippen LogP contribution is -2.40. The quantitative estimate of drug-likeness (QED) is 0.676. The monoisotopic (exact) mass is 220 g/mol. The van der Waals surface area contributed by atoms with Gasteiger partial charge in [-0.2, -0.15) is 0 Å². The molecule has 0 nitrogen and oxygen atoms in total. The van der Waals surface area contributed by atoms with E-state index >= 15 is 0 Å². The minimum absolute atomic E-state index is 1.16. The van der Waals surface area contributed by atoms with Crippen LogP contribution >= 0.6 is 0 Å². The van der Waals surface area contributed by atoms with Crippen molar-refractivity contribution in [1.29, 1.82) is 0 Å². The molecule has 0 atom stereocenters. The standard InChI is InChI=1S/C14H24Si/c1-6-7-8-13-10-9-12(2)11-14(13)15(3,4)5/h9-11H,6-8H2,1-5H3. The van der Waals surface area contributed by atoms with Crippen LogP contribution in [0.15, 0.2) is 18.2 Å². The molecule has 0 unspecified atom stereocenters. The van der Waals surface area contributed by atoms with Crippen LogP contribution in [0.5, 0.6) is 0 Å². The van der Waals surface area contributed by atoms with Crippen LogP contribution in [0.4, 0.5) is 0 Å². The van der Waals surface area contributed by atoms with Crippen molar-refractivity contribution in [3.8, 4) is 0 Å². The molecule has 84 valence electrons. The first-order chi connectivity index (χ1) is 6.95. The van der Waals surface area contributed by atoms with Crippen molar-refractivity contribution in [2.75, 3.05) is 0 Å². The van der Waals surface area contributed by atoms with Crippen molar-refractivity contribution in [2.45, 2.75) is 52.8 Å². The predicted molar refractivity (Wildman–Crippen MR) is 72.8 cm³/mol. The molecular weight excluding hydrogens is 196 g/mol. The maximum absolute atomic E-state index is 2.44. The molecule has 0 heterocycles. The van der Waals surface area contributed by atoms with Crippen molar-refractivity contribution in [3.05, 3.63) is 29.3 Å². The molecule has 0 aromatic heterocycles. The molecule has 0 saturated carbocycles. The zero-order chi connectivity index (χ0) is 11.5. The molecule has 1 aromatic carbocycles. The molecule has 0 aliphatic heterocycles. The lowest BCUT2D eigenvalue weighted by atomic mass is 10.1. The molecule has 0 N–H and O–H groups in total. The fourth-order valence-electron chi connectivity index (χ4n) is 1.97. The number of hydrogen-bond donors (Lipinski definition) is 0. The number of rotatable bonds is 4. The number of aryl methyl sites for hydroxylation is 2. The highest BCUT2D eigenvalue weighted by atomic mass is 28.3. The minimum atomic E-state index is -1.16. The normalized spacial score (nSPS) is 11.8. The van der Waals surface area contributed by atoms with Gasteiger partial charge in [-0.15, -0.1) is 0 Å². The maximum Gasteiger partial charge on any atom is 0.0779 e. The smallest absolute Gasteiger partial charge is 0.0656 e. The summed E-state index contributed by atoms with van der Waals surface area (Å²) in [6.07, 6.45) is 3.87. The number of hydrogen-bond acceptors (Lipinski definition) is 0. The lowest BCUT2D eigenvalue weighted by Gasteiger charge is -2.21. The second-order valence-electron chi connectivity index (χ2n) is 5.51.